The molecule has 0 atom stereocenters. The largest absolute Gasteiger partial charge is 0.490 e. The molecule has 2 aromatic rings. The molecule has 1 saturated heterocycles. The van der Waals surface area contributed by atoms with Gasteiger partial charge in [-0.25, -0.2) is 4.79 Å². The molecular formula is C19H23N3O4. The van der Waals surface area contributed by atoms with E-state index in [0.717, 1.165) is 11.3 Å². The van der Waals surface area contributed by atoms with Gasteiger partial charge in [-0.05, 0) is 30.7 Å². The molecule has 1 aliphatic heterocycles. The summed E-state index contributed by atoms with van der Waals surface area (Å²) in [6, 6.07) is 7.00. The maximum absolute atomic E-state index is 12.2. The zero-order valence-corrected chi connectivity index (χ0v) is 15.1. The topological polar surface area (TPSA) is 73.7 Å². The molecule has 7 heteroatoms. The predicted octanol–water partition coefficient (Wildman–Crippen LogP) is 2.27. The van der Waals surface area contributed by atoms with Gasteiger partial charge < -0.3 is 18.9 Å². The van der Waals surface area contributed by atoms with E-state index in [1.807, 2.05) is 25.1 Å². The maximum atomic E-state index is 12.2. The van der Waals surface area contributed by atoms with Crippen LogP contribution in [0.1, 0.15) is 24.1 Å². The van der Waals surface area contributed by atoms with Crippen molar-refractivity contribution in [2.45, 2.75) is 32.5 Å². The van der Waals surface area contributed by atoms with E-state index in [4.69, 9.17) is 9.47 Å². The summed E-state index contributed by atoms with van der Waals surface area (Å²) in [6.07, 6.45) is 4.43. The van der Waals surface area contributed by atoms with Gasteiger partial charge in [0.05, 0.1) is 0 Å². The first-order valence-corrected chi connectivity index (χ1v) is 8.68. The van der Waals surface area contributed by atoms with Crippen molar-refractivity contribution in [3.8, 4) is 5.75 Å². The summed E-state index contributed by atoms with van der Waals surface area (Å²) in [5.41, 5.74) is 1.68. The molecule has 3 rings (SSSR count). The normalized spacial score (nSPS) is 14.9. The molecule has 3 heterocycles. The van der Waals surface area contributed by atoms with Crippen molar-refractivity contribution >= 4 is 6.09 Å². The summed E-state index contributed by atoms with van der Waals surface area (Å²) in [4.78, 5) is 29.6. The number of carbonyl (C=O) groups excluding carboxylic acids is 1. The zero-order valence-electron chi connectivity index (χ0n) is 15.1. The van der Waals surface area contributed by atoms with Crippen molar-refractivity contribution in [1.82, 2.24) is 14.5 Å². The molecule has 7 nitrogen and oxygen atoms in total. The lowest BCUT2D eigenvalue weighted by molar-refractivity contribution is 0.0637. The van der Waals surface area contributed by atoms with Gasteiger partial charge >= 0.3 is 6.09 Å². The number of nitrogens with zero attached hydrogens (tertiary/aromatic N) is 3. The van der Waals surface area contributed by atoms with Gasteiger partial charge in [0.15, 0.2) is 0 Å². The van der Waals surface area contributed by atoms with E-state index in [1.54, 1.807) is 28.9 Å². The average Bonchev–Trinajstić information content (AvgIpc) is 2.65. The highest BCUT2D eigenvalue weighted by Gasteiger charge is 2.25. The second-order valence-corrected chi connectivity index (χ2v) is 6.44. The predicted molar refractivity (Wildman–Crippen MR) is 96.1 cm³/mol. The summed E-state index contributed by atoms with van der Waals surface area (Å²) in [5, 5.41) is 0. The number of pyridine rings is 2. The number of aryl methyl sites for hydroxylation is 1. The quantitative estimate of drug-likeness (QED) is 0.839. The van der Waals surface area contributed by atoms with Crippen LogP contribution in [-0.2, 0) is 18.4 Å². The summed E-state index contributed by atoms with van der Waals surface area (Å²) < 4.78 is 12.8. The molecule has 0 bridgehead atoms. The third-order valence-electron chi connectivity index (χ3n) is 4.59. The van der Waals surface area contributed by atoms with E-state index in [1.165, 1.54) is 6.07 Å². The Morgan fingerprint density at radius 2 is 1.92 bits per heavy atom. The molecule has 2 aromatic heterocycles. The van der Waals surface area contributed by atoms with E-state index in [0.29, 0.717) is 31.7 Å². The lowest BCUT2D eigenvalue weighted by Gasteiger charge is -2.31. The van der Waals surface area contributed by atoms with E-state index >= 15 is 0 Å². The molecule has 1 aliphatic rings. The van der Waals surface area contributed by atoms with Crippen LogP contribution in [0.5, 0.6) is 5.75 Å². The number of carbonyl (C=O) groups is 1. The van der Waals surface area contributed by atoms with Crippen molar-refractivity contribution in [1.29, 1.82) is 0 Å². The SMILES string of the molecule is Cc1cc(OC2CCN(C(=O)OCc3ccncc3)CC2)cc(=O)n1C. The van der Waals surface area contributed by atoms with Gasteiger partial charge in [0.1, 0.15) is 18.5 Å². The highest BCUT2D eigenvalue weighted by molar-refractivity contribution is 5.67. The number of ether oxygens (including phenoxy) is 2. The number of hydrogen-bond acceptors (Lipinski definition) is 5. The van der Waals surface area contributed by atoms with Crippen molar-refractivity contribution in [2.75, 3.05) is 13.1 Å². The van der Waals surface area contributed by atoms with Crippen LogP contribution in [0.15, 0.2) is 41.5 Å². The summed E-state index contributed by atoms with van der Waals surface area (Å²) in [5.74, 6) is 0.587. The van der Waals surface area contributed by atoms with E-state index in [2.05, 4.69) is 4.98 Å². The number of hydrogen-bond donors (Lipinski definition) is 0. The van der Waals surface area contributed by atoms with E-state index in [-0.39, 0.29) is 24.4 Å². The van der Waals surface area contributed by atoms with Crippen molar-refractivity contribution in [3.63, 3.8) is 0 Å². The zero-order chi connectivity index (χ0) is 18.5. The minimum absolute atomic E-state index is 0.00856. The first-order valence-electron chi connectivity index (χ1n) is 8.68. The summed E-state index contributed by atoms with van der Waals surface area (Å²) in [7, 11) is 1.73. The Morgan fingerprint density at radius 3 is 2.58 bits per heavy atom. The van der Waals surface area contributed by atoms with Crippen LogP contribution >= 0.6 is 0 Å². The van der Waals surface area contributed by atoms with Gasteiger partial charge in [0.2, 0.25) is 0 Å². The molecule has 1 amide bonds. The minimum Gasteiger partial charge on any atom is -0.490 e. The van der Waals surface area contributed by atoms with Gasteiger partial charge in [-0.1, -0.05) is 0 Å². The molecule has 138 valence electrons. The summed E-state index contributed by atoms with van der Waals surface area (Å²) in [6.45, 7) is 3.26. The van der Waals surface area contributed by atoms with Gasteiger partial charge in [-0.15, -0.1) is 0 Å². The highest BCUT2D eigenvalue weighted by Crippen LogP contribution is 2.19. The molecule has 0 aromatic carbocycles. The Morgan fingerprint density at radius 1 is 1.23 bits per heavy atom. The van der Waals surface area contributed by atoms with Crippen LogP contribution in [-0.4, -0.2) is 39.7 Å². The lowest BCUT2D eigenvalue weighted by atomic mass is 10.1. The first kappa shape index (κ1) is 18.0. The number of aromatic nitrogens is 2. The van der Waals surface area contributed by atoms with E-state index in [9.17, 15) is 9.59 Å². The van der Waals surface area contributed by atoms with Gasteiger partial charge in [-0.2, -0.15) is 0 Å². The Kier molecular flexibility index (Phi) is 5.55. The number of piperidine rings is 1. The second kappa shape index (κ2) is 8.03. The smallest absolute Gasteiger partial charge is 0.410 e. The third-order valence-corrected chi connectivity index (χ3v) is 4.59. The number of amides is 1. The number of likely N-dealkylation sites (tertiary alicyclic amines) is 1. The minimum atomic E-state index is -0.315. The third kappa shape index (κ3) is 4.41. The second-order valence-electron chi connectivity index (χ2n) is 6.44. The molecule has 0 unspecified atom stereocenters. The lowest BCUT2D eigenvalue weighted by Crippen LogP contribution is -2.42. The van der Waals surface area contributed by atoms with E-state index < -0.39 is 0 Å². The molecule has 0 saturated carbocycles. The molecule has 0 radical (unpaired) electrons. The van der Waals surface area contributed by atoms with Crippen LogP contribution in [0, 0.1) is 6.92 Å². The van der Waals surface area contributed by atoms with Crippen molar-refractivity contribution in [3.05, 3.63) is 58.3 Å². The number of rotatable bonds is 4. The fraction of sp³-hybridized carbons (Fsp3) is 0.421. The Hall–Kier alpha value is -2.83. The molecular weight excluding hydrogens is 334 g/mol. The fourth-order valence-corrected chi connectivity index (χ4v) is 2.87. The molecule has 0 spiro atoms. The molecule has 26 heavy (non-hydrogen) atoms. The van der Waals surface area contributed by atoms with Crippen LogP contribution in [0.4, 0.5) is 4.79 Å². The highest BCUT2D eigenvalue weighted by atomic mass is 16.6. The van der Waals surface area contributed by atoms with Crippen LogP contribution in [0.25, 0.3) is 0 Å². The van der Waals surface area contributed by atoms with Crippen LogP contribution in [0.2, 0.25) is 0 Å². The Balaban J connectivity index is 1.48. The van der Waals surface area contributed by atoms with Crippen molar-refractivity contribution in [2.24, 2.45) is 7.05 Å². The Labute approximate surface area is 152 Å². The van der Waals surface area contributed by atoms with Gasteiger partial charge in [-0.3, -0.25) is 9.78 Å². The molecule has 1 fully saturated rings. The average molecular weight is 357 g/mol. The van der Waals surface area contributed by atoms with Crippen LogP contribution < -0.4 is 10.3 Å². The maximum Gasteiger partial charge on any atom is 0.410 e. The summed E-state index contributed by atoms with van der Waals surface area (Å²) >= 11 is 0. The standard InChI is InChI=1S/C19H23N3O4/c1-14-11-17(12-18(23)21(14)2)26-16-5-9-22(10-6-16)19(24)25-13-15-3-7-20-8-4-15/h3-4,7-8,11-12,16H,5-6,9-10,13H2,1-2H3. The van der Waals surface area contributed by atoms with Crippen LogP contribution in [0.3, 0.4) is 0 Å². The molecule has 0 N–H and O–H groups in total. The van der Waals surface area contributed by atoms with Crippen molar-refractivity contribution < 1.29 is 14.3 Å². The first-order chi connectivity index (χ1) is 12.5. The van der Waals surface area contributed by atoms with Gasteiger partial charge in [0.25, 0.3) is 5.56 Å². The Bertz CT molecular complexity index is 811. The fourth-order valence-electron chi connectivity index (χ4n) is 2.87. The monoisotopic (exact) mass is 357 g/mol. The van der Waals surface area contributed by atoms with Gasteiger partial charge in [0, 0.05) is 57.1 Å². The molecule has 0 aliphatic carbocycles.